The van der Waals surface area contributed by atoms with Crippen molar-refractivity contribution in [2.45, 2.75) is 38.1 Å². The van der Waals surface area contributed by atoms with Crippen molar-refractivity contribution in [1.29, 1.82) is 0 Å². The zero-order chi connectivity index (χ0) is 25.4. The number of halogens is 3. The molecule has 0 saturated carbocycles. The van der Waals surface area contributed by atoms with E-state index in [1.807, 2.05) is 17.2 Å². The van der Waals surface area contributed by atoms with Gasteiger partial charge in [0.15, 0.2) is 0 Å². The summed E-state index contributed by atoms with van der Waals surface area (Å²) in [6.45, 7) is 4.26. The summed E-state index contributed by atoms with van der Waals surface area (Å²) in [5, 5.41) is 0.727. The number of likely N-dealkylation sites (tertiary alicyclic amines) is 1. The van der Waals surface area contributed by atoms with Crippen molar-refractivity contribution in [3.63, 3.8) is 0 Å². The number of rotatable bonds is 3. The molecular formula is C26H30Br2ClN5O2. The second-order valence-electron chi connectivity index (χ2n) is 9.92. The summed E-state index contributed by atoms with van der Waals surface area (Å²) >= 11 is 13.8. The van der Waals surface area contributed by atoms with Crippen molar-refractivity contribution in [2.75, 3.05) is 39.3 Å². The van der Waals surface area contributed by atoms with E-state index in [0.29, 0.717) is 38.5 Å². The maximum atomic E-state index is 13.1. The number of carbonyl (C=O) groups excluding carboxylic acids is 2. The smallest absolute Gasteiger partial charge is 0.314 e. The van der Waals surface area contributed by atoms with E-state index in [2.05, 4.69) is 48.9 Å². The molecule has 0 bridgehead atoms. The van der Waals surface area contributed by atoms with E-state index in [1.165, 1.54) is 16.7 Å². The van der Waals surface area contributed by atoms with Crippen LogP contribution in [0.15, 0.2) is 33.3 Å². The molecule has 0 unspecified atom stereocenters. The van der Waals surface area contributed by atoms with Crippen molar-refractivity contribution in [3.8, 4) is 0 Å². The van der Waals surface area contributed by atoms with Crippen molar-refractivity contribution in [2.24, 2.45) is 11.7 Å². The molecule has 1 aromatic carbocycles. The van der Waals surface area contributed by atoms with Gasteiger partial charge in [-0.1, -0.05) is 17.7 Å². The van der Waals surface area contributed by atoms with Crippen molar-refractivity contribution in [3.05, 3.63) is 60.7 Å². The number of nitrogens with zero attached hydrogens (tertiary/aromatic N) is 4. The number of urea groups is 1. The first kappa shape index (κ1) is 25.9. The van der Waals surface area contributed by atoms with E-state index < -0.39 is 0 Å². The number of fused-ring (bicyclic) bond motifs is 2. The van der Waals surface area contributed by atoms with Gasteiger partial charge in [0.05, 0.1) is 16.8 Å². The Morgan fingerprint density at radius 1 is 1.03 bits per heavy atom. The highest BCUT2D eigenvalue weighted by Crippen LogP contribution is 2.41. The van der Waals surface area contributed by atoms with Crippen LogP contribution in [-0.2, 0) is 17.6 Å². The van der Waals surface area contributed by atoms with E-state index in [9.17, 15) is 9.59 Å². The van der Waals surface area contributed by atoms with Gasteiger partial charge >= 0.3 is 6.03 Å². The molecule has 2 saturated heterocycles. The van der Waals surface area contributed by atoms with Gasteiger partial charge in [0.2, 0.25) is 5.91 Å². The van der Waals surface area contributed by atoms with Crippen LogP contribution in [0.25, 0.3) is 0 Å². The number of hydrogen-bond donors (Lipinski definition) is 1. The Labute approximate surface area is 233 Å². The highest BCUT2D eigenvalue weighted by molar-refractivity contribution is 9.10. The van der Waals surface area contributed by atoms with Gasteiger partial charge in [-0.25, -0.2) is 4.79 Å². The van der Waals surface area contributed by atoms with E-state index in [-0.39, 0.29) is 18.0 Å². The number of piperidine rings is 1. The number of hydrogen-bond acceptors (Lipinski definition) is 4. The average molecular weight is 640 g/mol. The van der Waals surface area contributed by atoms with Crippen molar-refractivity contribution < 1.29 is 9.59 Å². The zero-order valence-corrected chi connectivity index (χ0v) is 24.0. The lowest BCUT2D eigenvalue weighted by Gasteiger charge is -2.40. The molecule has 2 N–H and O–H groups in total. The molecule has 1 atom stereocenters. The summed E-state index contributed by atoms with van der Waals surface area (Å²) in [5.41, 5.74) is 10.2. The third-order valence-electron chi connectivity index (χ3n) is 7.82. The van der Waals surface area contributed by atoms with Gasteiger partial charge < -0.3 is 15.5 Å². The summed E-state index contributed by atoms with van der Waals surface area (Å²) in [4.78, 5) is 35.5. The maximum absolute atomic E-state index is 13.1. The van der Waals surface area contributed by atoms with Crippen molar-refractivity contribution >= 4 is 55.4 Å². The fourth-order valence-corrected chi connectivity index (χ4v) is 6.91. The number of aryl methyl sites for hydroxylation is 1. The third kappa shape index (κ3) is 5.30. The lowest BCUT2D eigenvalue weighted by Crippen LogP contribution is -2.50. The van der Waals surface area contributed by atoms with Crippen LogP contribution in [0.1, 0.15) is 47.7 Å². The van der Waals surface area contributed by atoms with Crippen LogP contribution in [0.3, 0.4) is 0 Å². The minimum absolute atomic E-state index is 0.0227. The average Bonchev–Trinajstić information content (AvgIpc) is 3.03. The Bertz CT molecular complexity index is 1160. The van der Waals surface area contributed by atoms with Crippen LogP contribution in [0, 0.1) is 5.92 Å². The SMILES string of the molecule is NC(=O)N1CCC(CC(=O)N2CCN([C@H]3c4ccc(Cl)c(Br)c4CCc4cc(Br)cnc43)CC2)CC1. The largest absolute Gasteiger partial charge is 0.351 e. The molecule has 2 aromatic rings. The lowest BCUT2D eigenvalue weighted by molar-refractivity contribution is -0.134. The number of aromatic nitrogens is 1. The molecule has 2 fully saturated rings. The number of pyridine rings is 1. The van der Waals surface area contributed by atoms with E-state index >= 15 is 0 Å². The molecule has 192 valence electrons. The quantitative estimate of drug-likeness (QED) is 0.525. The van der Waals surface area contributed by atoms with Crippen LogP contribution in [-0.4, -0.2) is 70.9 Å². The summed E-state index contributed by atoms with van der Waals surface area (Å²) < 4.78 is 1.95. The lowest BCUT2D eigenvalue weighted by atomic mass is 9.93. The van der Waals surface area contributed by atoms with Gasteiger partial charge in [0, 0.05) is 60.8 Å². The van der Waals surface area contributed by atoms with E-state index in [4.69, 9.17) is 22.3 Å². The molecule has 0 radical (unpaired) electrons. The number of primary amides is 1. The molecule has 10 heteroatoms. The van der Waals surface area contributed by atoms with Gasteiger partial charge in [-0.15, -0.1) is 0 Å². The second kappa shape index (κ2) is 11.0. The van der Waals surface area contributed by atoms with Gasteiger partial charge in [0.25, 0.3) is 0 Å². The van der Waals surface area contributed by atoms with E-state index in [1.54, 1.807) is 4.90 Å². The Morgan fingerprint density at radius 3 is 2.44 bits per heavy atom. The first-order valence-electron chi connectivity index (χ1n) is 12.5. The van der Waals surface area contributed by atoms with Gasteiger partial charge in [-0.05, 0) is 92.3 Å². The molecular weight excluding hydrogens is 610 g/mol. The van der Waals surface area contributed by atoms with Gasteiger partial charge in [-0.2, -0.15) is 0 Å². The van der Waals surface area contributed by atoms with Gasteiger partial charge in [-0.3, -0.25) is 14.7 Å². The maximum Gasteiger partial charge on any atom is 0.314 e. The van der Waals surface area contributed by atoms with Crippen LogP contribution in [0.4, 0.5) is 4.79 Å². The molecule has 36 heavy (non-hydrogen) atoms. The second-order valence-corrected chi connectivity index (χ2v) is 12.0. The van der Waals surface area contributed by atoms with Crippen LogP contribution < -0.4 is 5.73 Å². The highest BCUT2D eigenvalue weighted by Gasteiger charge is 2.34. The molecule has 0 spiro atoms. The number of benzene rings is 1. The molecule has 5 rings (SSSR count). The summed E-state index contributed by atoms with van der Waals surface area (Å²) in [6, 6.07) is 5.94. The standard InChI is InChI=1S/C26H30Br2ClN5O2/c27-18-14-17-1-2-19-20(3-4-21(29)23(19)28)25(24(17)31-15-18)33-11-9-32(10-12-33)22(35)13-16-5-7-34(8-6-16)26(30)36/h3-4,14-16,25H,1-2,5-13H2,(H2,30,36)/t25-/m0/s1. The number of carbonyl (C=O) groups is 2. The third-order valence-corrected chi connectivity index (χ3v) is 9.70. The number of piperazine rings is 1. The summed E-state index contributed by atoms with van der Waals surface area (Å²) in [5.74, 6) is 0.530. The molecule has 7 nitrogen and oxygen atoms in total. The van der Waals surface area contributed by atoms with Crippen LogP contribution in [0.2, 0.25) is 5.02 Å². The monoisotopic (exact) mass is 637 g/mol. The fraction of sp³-hybridized carbons (Fsp3) is 0.500. The predicted octanol–water partition coefficient (Wildman–Crippen LogP) is 4.77. The summed E-state index contributed by atoms with van der Waals surface area (Å²) in [6.07, 6.45) is 5.89. The van der Waals surface area contributed by atoms with Gasteiger partial charge in [0.1, 0.15) is 0 Å². The molecule has 3 heterocycles. The minimum atomic E-state index is -0.367. The molecule has 3 aliphatic rings. The fourth-order valence-electron chi connectivity index (χ4n) is 5.80. The topological polar surface area (TPSA) is 82.8 Å². The van der Waals surface area contributed by atoms with Crippen LogP contribution >= 0.6 is 43.5 Å². The van der Waals surface area contributed by atoms with Crippen molar-refractivity contribution in [1.82, 2.24) is 19.7 Å². The summed E-state index contributed by atoms with van der Waals surface area (Å²) in [7, 11) is 0. The Morgan fingerprint density at radius 2 is 1.75 bits per heavy atom. The Hall–Kier alpha value is -1.68. The highest BCUT2D eigenvalue weighted by atomic mass is 79.9. The van der Waals surface area contributed by atoms with Crippen LogP contribution in [0.5, 0.6) is 0 Å². The number of amides is 3. The minimum Gasteiger partial charge on any atom is -0.351 e. The molecule has 2 aliphatic heterocycles. The Kier molecular flexibility index (Phi) is 7.91. The first-order valence-corrected chi connectivity index (χ1v) is 14.5. The normalized spacial score (nSPS) is 21.0. The number of nitrogens with two attached hydrogens (primary N) is 1. The Balaban J connectivity index is 1.30. The first-order chi connectivity index (χ1) is 17.3. The predicted molar refractivity (Wildman–Crippen MR) is 147 cm³/mol. The molecule has 1 aromatic heterocycles. The zero-order valence-electron chi connectivity index (χ0n) is 20.1. The van der Waals surface area contributed by atoms with E-state index in [0.717, 1.165) is 58.4 Å². The molecule has 3 amide bonds. The molecule has 1 aliphatic carbocycles.